The van der Waals surface area contributed by atoms with Crippen molar-refractivity contribution >= 4 is 0 Å². The van der Waals surface area contributed by atoms with Crippen molar-refractivity contribution in [1.29, 1.82) is 0 Å². The maximum atomic E-state index is 11.1. The molecular formula is C20H40N4O10. The van der Waals surface area contributed by atoms with Gasteiger partial charge in [0.15, 0.2) is 12.6 Å². The number of aliphatic hydroxyl groups is 6. The molecule has 3 aliphatic rings. The minimum atomic E-state index is -1.46. The molecule has 0 aromatic heterocycles. The Hall–Kier alpha value is -0.560. The van der Waals surface area contributed by atoms with E-state index < -0.39 is 91.2 Å². The number of likely N-dealkylation sites (N-methyl/N-ethyl adjacent to an activating group) is 1. The van der Waals surface area contributed by atoms with Crippen molar-refractivity contribution < 1.29 is 49.6 Å². The summed E-state index contributed by atoms with van der Waals surface area (Å²) in [5.74, 6) is 0. The van der Waals surface area contributed by atoms with Gasteiger partial charge in [-0.15, -0.1) is 0 Å². The lowest BCUT2D eigenvalue weighted by molar-refractivity contribution is -0.319. The predicted molar refractivity (Wildman–Crippen MR) is 116 cm³/mol. The molecule has 0 aromatic rings. The lowest BCUT2D eigenvalue weighted by atomic mass is 9.84. The molecule has 3 rings (SSSR count). The zero-order chi connectivity index (χ0) is 25.5. The number of hydrogen-bond donors (Lipinski definition) is 10. The van der Waals surface area contributed by atoms with E-state index in [2.05, 4.69) is 5.32 Å². The second kappa shape index (κ2) is 10.8. The number of rotatable bonds is 6. The van der Waals surface area contributed by atoms with Gasteiger partial charge >= 0.3 is 0 Å². The Bertz CT molecular complexity index is 675. The Labute approximate surface area is 197 Å². The second-order valence-corrected chi connectivity index (χ2v) is 9.82. The van der Waals surface area contributed by atoms with E-state index in [-0.39, 0.29) is 13.0 Å². The summed E-state index contributed by atoms with van der Waals surface area (Å²) in [6.45, 7) is 2.75. The molecule has 15 atom stereocenters. The first-order chi connectivity index (χ1) is 15.8. The molecule has 1 saturated carbocycles. The highest BCUT2D eigenvalue weighted by Crippen LogP contribution is 2.32. The largest absolute Gasteiger partial charge is 0.391 e. The van der Waals surface area contributed by atoms with Gasteiger partial charge in [-0.25, -0.2) is 0 Å². The van der Waals surface area contributed by atoms with Crippen LogP contribution in [0.3, 0.4) is 0 Å². The van der Waals surface area contributed by atoms with Crippen molar-refractivity contribution in [3.8, 4) is 0 Å². The quantitative estimate of drug-likeness (QED) is 0.165. The van der Waals surface area contributed by atoms with Crippen LogP contribution in [-0.4, -0.2) is 135 Å². The van der Waals surface area contributed by atoms with E-state index in [1.807, 2.05) is 0 Å². The number of nitrogens with one attached hydrogen (secondary N) is 1. The molecule has 1 aliphatic carbocycles. The van der Waals surface area contributed by atoms with Crippen molar-refractivity contribution in [2.24, 2.45) is 17.2 Å². The fourth-order valence-electron chi connectivity index (χ4n) is 4.95. The topological polar surface area (TPSA) is 248 Å². The van der Waals surface area contributed by atoms with Gasteiger partial charge in [0.05, 0.1) is 24.8 Å². The van der Waals surface area contributed by atoms with Crippen LogP contribution in [0.5, 0.6) is 0 Å². The third-order valence-electron chi connectivity index (χ3n) is 6.95. The van der Waals surface area contributed by atoms with Gasteiger partial charge < -0.3 is 72.1 Å². The fourth-order valence-corrected chi connectivity index (χ4v) is 4.95. The summed E-state index contributed by atoms with van der Waals surface area (Å²) >= 11 is 0. The zero-order valence-corrected chi connectivity index (χ0v) is 19.5. The van der Waals surface area contributed by atoms with Crippen LogP contribution < -0.4 is 22.5 Å². The van der Waals surface area contributed by atoms with E-state index in [0.717, 1.165) is 0 Å². The Morgan fingerprint density at radius 1 is 0.941 bits per heavy atom. The van der Waals surface area contributed by atoms with Crippen molar-refractivity contribution in [2.45, 2.75) is 111 Å². The average molecular weight is 497 g/mol. The predicted octanol–water partition coefficient (Wildman–Crippen LogP) is -5.61. The van der Waals surface area contributed by atoms with Crippen LogP contribution in [0.4, 0.5) is 0 Å². The monoisotopic (exact) mass is 496 g/mol. The van der Waals surface area contributed by atoms with Crippen LogP contribution in [0.1, 0.15) is 20.3 Å². The Kier molecular flexibility index (Phi) is 8.92. The molecule has 34 heavy (non-hydrogen) atoms. The van der Waals surface area contributed by atoms with E-state index >= 15 is 0 Å². The van der Waals surface area contributed by atoms with Crippen LogP contribution in [-0.2, 0) is 18.9 Å². The van der Waals surface area contributed by atoms with Crippen LogP contribution in [0.15, 0.2) is 0 Å². The van der Waals surface area contributed by atoms with E-state index in [1.54, 1.807) is 7.05 Å². The minimum Gasteiger partial charge on any atom is -0.391 e. The SMILES string of the molecule is CN[C@@H]1[C@@H](O)C(O[C@H]2[C@H](N)C[C@H](N)C(O[C@H]3O[C@H](C(C)O)[C@@H](O)[C@H](O)[C@H]3N)[C@@H]2O)OC[C@]1(C)O. The normalized spacial score (nSPS) is 53.5. The Morgan fingerprint density at radius 2 is 1.50 bits per heavy atom. The molecule has 0 radical (unpaired) electrons. The minimum absolute atomic E-state index is 0.135. The van der Waals surface area contributed by atoms with Gasteiger partial charge in [0, 0.05) is 12.1 Å². The zero-order valence-electron chi connectivity index (χ0n) is 19.5. The third-order valence-corrected chi connectivity index (χ3v) is 6.95. The summed E-state index contributed by atoms with van der Waals surface area (Å²) in [5, 5.41) is 65.2. The van der Waals surface area contributed by atoms with Crippen LogP contribution in [0, 0.1) is 0 Å². The molecule has 0 bridgehead atoms. The summed E-state index contributed by atoms with van der Waals surface area (Å²) in [6.07, 6.45) is -12.4. The van der Waals surface area contributed by atoms with Crippen molar-refractivity contribution in [2.75, 3.05) is 13.7 Å². The van der Waals surface area contributed by atoms with E-state index in [4.69, 9.17) is 36.1 Å². The van der Waals surface area contributed by atoms with Crippen molar-refractivity contribution in [3.05, 3.63) is 0 Å². The highest BCUT2D eigenvalue weighted by Gasteiger charge is 2.52. The molecule has 14 heteroatoms. The van der Waals surface area contributed by atoms with Gasteiger partial charge in [-0.1, -0.05) is 0 Å². The summed E-state index contributed by atoms with van der Waals surface area (Å²) in [5.41, 5.74) is 17.0. The lowest BCUT2D eigenvalue weighted by Gasteiger charge is -2.49. The van der Waals surface area contributed by atoms with Gasteiger partial charge in [-0.05, 0) is 27.3 Å². The summed E-state index contributed by atoms with van der Waals surface area (Å²) in [4.78, 5) is 0. The molecule has 2 heterocycles. The van der Waals surface area contributed by atoms with Gasteiger partial charge in [-0.3, -0.25) is 0 Å². The molecule has 3 fully saturated rings. The lowest BCUT2D eigenvalue weighted by Crippen LogP contribution is -2.69. The average Bonchev–Trinajstić information content (AvgIpc) is 2.75. The smallest absolute Gasteiger partial charge is 0.185 e. The molecule has 14 nitrogen and oxygen atoms in total. The maximum absolute atomic E-state index is 11.1. The van der Waals surface area contributed by atoms with Gasteiger partial charge in [0.25, 0.3) is 0 Å². The van der Waals surface area contributed by atoms with Crippen LogP contribution in [0.25, 0.3) is 0 Å². The second-order valence-electron chi connectivity index (χ2n) is 9.82. The van der Waals surface area contributed by atoms with E-state index in [0.29, 0.717) is 0 Å². The first-order valence-corrected chi connectivity index (χ1v) is 11.4. The standard InChI is InChI=1S/C20H40N4O10/c1-6(25)14-11(27)10(26)9(23)18(32-14)33-15-7(21)4-8(22)16(12(15)28)34-19-13(29)17(24-3)20(2,30)5-31-19/h6-19,24-30H,4-5,21-23H2,1-3H3/t6?,7-,8+,9+,10+,11-,12-,13+,14+,15?,16-,17+,18+,19?,20-/m0/s1. The summed E-state index contributed by atoms with van der Waals surface area (Å²) < 4.78 is 22.8. The van der Waals surface area contributed by atoms with E-state index in [1.165, 1.54) is 13.8 Å². The first-order valence-electron chi connectivity index (χ1n) is 11.4. The highest BCUT2D eigenvalue weighted by molar-refractivity contribution is 5.02. The van der Waals surface area contributed by atoms with E-state index in [9.17, 15) is 30.6 Å². The number of nitrogens with two attached hydrogens (primary N) is 3. The molecule has 0 amide bonds. The molecule has 2 saturated heterocycles. The number of hydrogen-bond acceptors (Lipinski definition) is 14. The number of aliphatic hydroxyl groups excluding tert-OH is 5. The maximum Gasteiger partial charge on any atom is 0.185 e. The molecule has 0 aromatic carbocycles. The van der Waals surface area contributed by atoms with Gasteiger partial charge in [0.2, 0.25) is 0 Å². The Balaban J connectivity index is 1.73. The highest BCUT2D eigenvalue weighted by atomic mass is 16.7. The van der Waals surface area contributed by atoms with Crippen molar-refractivity contribution in [3.63, 3.8) is 0 Å². The summed E-state index contributed by atoms with van der Waals surface area (Å²) in [7, 11) is 1.58. The fraction of sp³-hybridized carbons (Fsp3) is 1.00. The number of ether oxygens (including phenoxy) is 4. The molecule has 13 N–H and O–H groups in total. The van der Waals surface area contributed by atoms with Gasteiger partial charge in [-0.2, -0.15) is 0 Å². The van der Waals surface area contributed by atoms with Crippen LogP contribution in [0.2, 0.25) is 0 Å². The molecule has 200 valence electrons. The van der Waals surface area contributed by atoms with Crippen LogP contribution >= 0.6 is 0 Å². The first kappa shape index (κ1) is 28.0. The van der Waals surface area contributed by atoms with Gasteiger partial charge in [0.1, 0.15) is 48.3 Å². The Morgan fingerprint density at radius 3 is 2.03 bits per heavy atom. The third kappa shape index (κ3) is 5.40. The molecule has 2 aliphatic heterocycles. The summed E-state index contributed by atoms with van der Waals surface area (Å²) in [6, 6.07) is -3.47. The molecule has 0 spiro atoms. The molecule has 3 unspecified atom stereocenters. The molecular weight excluding hydrogens is 456 g/mol. The van der Waals surface area contributed by atoms with Crippen molar-refractivity contribution in [1.82, 2.24) is 5.32 Å².